The number of benzene rings is 1. The molecule has 0 aromatic heterocycles. The van der Waals surface area contributed by atoms with Crippen molar-refractivity contribution in [2.24, 2.45) is 4.99 Å². The summed E-state index contributed by atoms with van der Waals surface area (Å²) in [5, 5.41) is 6.39. The number of rotatable bonds is 7. The highest BCUT2D eigenvalue weighted by molar-refractivity contribution is 5.79. The van der Waals surface area contributed by atoms with Gasteiger partial charge < -0.3 is 15.4 Å². The van der Waals surface area contributed by atoms with E-state index in [4.69, 9.17) is 4.74 Å². The number of nitrogens with zero attached hydrogens (tertiary/aromatic N) is 1. The summed E-state index contributed by atoms with van der Waals surface area (Å²) >= 11 is 0. The van der Waals surface area contributed by atoms with E-state index in [0.717, 1.165) is 31.0 Å². The van der Waals surface area contributed by atoms with Gasteiger partial charge in [-0.1, -0.05) is 12.1 Å². The topological polar surface area (TPSA) is 45.7 Å². The van der Waals surface area contributed by atoms with Crippen LogP contribution in [0.2, 0.25) is 0 Å². The third-order valence-corrected chi connectivity index (χ3v) is 2.53. The zero-order valence-corrected chi connectivity index (χ0v) is 11.6. The van der Waals surface area contributed by atoms with Gasteiger partial charge in [-0.05, 0) is 31.0 Å². The molecular weight excluding hydrogens is 245 g/mol. The van der Waals surface area contributed by atoms with Gasteiger partial charge in [-0.25, -0.2) is 4.39 Å². The number of halogens is 1. The molecule has 0 aliphatic rings. The van der Waals surface area contributed by atoms with Crippen molar-refractivity contribution in [2.45, 2.75) is 13.3 Å². The molecule has 1 aromatic rings. The number of guanidine groups is 1. The first-order chi connectivity index (χ1) is 9.26. The molecule has 0 aliphatic carbocycles. The fourth-order valence-electron chi connectivity index (χ4n) is 1.57. The molecule has 0 fully saturated rings. The van der Waals surface area contributed by atoms with E-state index in [1.165, 1.54) is 12.1 Å². The van der Waals surface area contributed by atoms with Crippen molar-refractivity contribution in [1.82, 2.24) is 10.6 Å². The smallest absolute Gasteiger partial charge is 0.191 e. The van der Waals surface area contributed by atoms with Gasteiger partial charge in [0.2, 0.25) is 0 Å². The van der Waals surface area contributed by atoms with Crippen LogP contribution in [0.1, 0.15) is 12.5 Å². The minimum Gasteiger partial charge on any atom is -0.383 e. The Labute approximate surface area is 114 Å². The van der Waals surface area contributed by atoms with E-state index >= 15 is 0 Å². The summed E-state index contributed by atoms with van der Waals surface area (Å²) in [7, 11) is 1.66. The summed E-state index contributed by atoms with van der Waals surface area (Å²) in [5.74, 6) is 0.577. The first-order valence-electron chi connectivity index (χ1n) is 6.51. The monoisotopic (exact) mass is 267 g/mol. The average Bonchev–Trinajstić information content (AvgIpc) is 2.41. The second-order valence-corrected chi connectivity index (χ2v) is 4.06. The molecule has 106 valence electrons. The highest BCUT2D eigenvalue weighted by Gasteiger charge is 1.98. The number of aliphatic imine (C=N–C) groups is 1. The van der Waals surface area contributed by atoms with Gasteiger partial charge in [-0.3, -0.25) is 4.99 Å². The Bertz CT molecular complexity index is 379. The van der Waals surface area contributed by atoms with Gasteiger partial charge in [-0.15, -0.1) is 0 Å². The molecule has 0 saturated heterocycles. The third-order valence-electron chi connectivity index (χ3n) is 2.53. The second kappa shape index (κ2) is 9.33. The molecule has 0 saturated carbocycles. The van der Waals surface area contributed by atoms with E-state index in [1.807, 2.05) is 6.92 Å². The van der Waals surface area contributed by atoms with E-state index in [0.29, 0.717) is 13.2 Å². The van der Waals surface area contributed by atoms with Crippen LogP contribution >= 0.6 is 0 Å². The molecule has 0 radical (unpaired) electrons. The molecule has 1 aromatic carbocycles. The lowest BCUT2D eigenvalue weighted by molar-refractivity contribution is 0.208. The van der Waals surface area contributed by atoms with Crippen LogP contribution in [0.4, 0.5) is 4.39 Å². The van der Waals surface area contributed by atoms with Crippen LogP contribution < -0.4 is 10.6 Å². The zero-order valence-electron chi connectivity index (χ0n) is 11.6. The van der Waals surface area contributed by atoms with Crippen molar-refractivity contribution in [2.75, 3.05) is 33.4 Å². The van der Waals surface area contributed by atoms with Crippen LogP contribution in [-0.4, -0.2) is 39.3 Å². The van der Waals surface area contributed by atoms with E-state index in [1.54, 1.807) is 19.2 Å². The molecule has 2 N–H and O–H groups in total. The van der Waals surface area contributed by atoms with Crippen molar-refractivity contribution in [3.8, 4) is 0 Å². The molecule has 0 amide bonds. The lowest BCUT2D eigenvalue weighted by Crippen LogP contribution is -2.38. The fraction of sp³-hybridized carbons (Fsp3) is 0.500. The lowest BCUT2D eigenvalue weighted by Gasteiger charge is -2.11. The lowest BCUT2D eigenvalue weighted by atomic mass is 10.1. The van der Waals surface area contributed by atoms with Crippen molar-refractivity contribution < 1.29 is 9.13 Å². The van der Waals surface area contributed by atoms with Gasteiger partial charge >= 0.3 is 0 Å². The number of ether oxygens (including phenoxy) is 1. The zero-order chi connectivity index (χ0) is 13.9. The second-order valence-electron chi connectivity index (χ2n) is 4.06. The average molecular weight is 267 g/mol. The maximum absolute atomic E-state index is 12.8. The van der Waals surface area contributed by atoms with Crippen LogP contribution in [0.25, 0.3) is 0 Å². The van der Waals surface area contributed by atoms with Crippen LogP contribution in [0, 0.1) is 5.82 Å². The Hall–Kier alpha value is -1.62. The summed E-state index contributed by atoms with van der Waals surface area (Å²) in [5.41, 5.74) is 1.10. The Morgan fingerprint density at radius 3 is 2.63 bits per heavy atom. The van der Waals surface area contributed by atoms with E-state index < -0.39 is 0 Å². The summed E-state index contributed by atoms with van der Waals surface area (Å²) in [6.07, 6.45) is 0.828. The van der Waals surface area contributed by atoms with E-state index in [9.17, 15) is 4.39 Å². The van der Waals surface area contributed by atoms with Crippen LogP contribution in [-0.2, 0) is 11.2 Å². The third kappa shape index (κ3) is 6.76. The summed E-state index contributed by atoms with van der Waals surface area (Å²) in [6.45, 7) is 4.82. The molecule has 0 spiro atoms. The molecular formula is C14H22FN3O. The van der Waals surface area contributed by atoms with Crippen molar-refractivity contribution >= 4 is 5.96 Å². The normalized spacial score (nSPS) is 11.4. The van der Waals surface area contributed by atoms with Gasteiger partial charge in [0.25, 0.3) is 0 Å². The molecule has 4 nitrogen and oxygen atoms in total. The quantitative estimate of drug-likeness (QED) is 0.448. The molecule has 0 atom stereocenters. The predicted octanol–water partition coefficient (Wildman–Crippen LogP) is 1.57. The molecule has 19 heavy (non-hydrogen) atoms. The Morgan fingerprint density at radius 2 is 2.00 bits per heavy atom. The van der Waals surface area contributed by atoms with Gasteiger partial charge in [-0.2, -0.15) is 0 Å². The Kier molecular flexibility index (Phi) is 7.58. The van der Waals surface area contributed by atoms with E-state index in [2.05, 4.69) is 15.6 Å². The van der Waals surface area contributed by atoms with Gasteiger partial charge in [0.05, 0.1) is 13.2 Å². The minimum absolute atomic E-state index is 0.203. The predicted molar refractivity (Wildman–Crippen MR) is 76.0 cm³/mol. The molecule has 0 unspecified atom stereocenters. The molecule has 5 heteroatoms. The minimum atomic E-state index is -0.203. The van der Waals surface area contributed by atoms with Crippen molar-refractivity contribution in [1.29, 1.82) is 0 Å². The molecule has 0 bridgehead atoms. The highest BCUT2D eigenvalue weighted by atomic mass is 19.1. The summed E-state index contributed by atoms with van der Waals surface area (Å²) in [4.78, 5) is 4.36. The standard InChI is InChI=1S/C14H22FN3O/c1-3-16-14(18-10-11-19-2)17-9-8-12-4-6-13(15)7-5-12/h4-7H,3,8-11H2,1-2H3,(H2,16,17,18). The number of nitrogens with one attached hydrogen (secondary N) is 2. The summed E-state index contributed by atoms with van der Waals surface area (Å²) < 4.78 is 17.7. The van der Waals surface area contributed by atoms with Gasteiger partial charge in [0, 0.05) is 20.2 Å². The molecule has 0 aliphatic heterocycles. The van der Waals surface area contributed by atoms with Crippen LogP contribution in [0.5, 0.6) is 0 Å². The summed E-state index contributed by atoms with van der Waals surface area (Å²) in [6, 6.07) is 6.55. The van der Waals surface area contributed by atoms with Crippen LogP contribution in [0.15, 0.2) is 29.3 Å². The van der Waals surface area contributed by atoms with Crippen molar-refractivity contribution in [3.05, 3.63) is 35.6 Å². The Morgan fingerprint density at radius 1 is 1.26 bits per heavy atom. The number of methoxy groups -OCH3 is 1. The maximum atomic E-state index is 12.8. The first-order valence-corrected chi connectivity index (χ1v) is 6.51. The molecule has 1 rings (SSSR count). The molecule has 0 heterocycles. The first kappa shape index (κ1) is 15.4. The van der Waals surface area contributed by atoms with Crippen molar-refractivity contribution in [3.63, 3.8) is 0 Å². The van der Waals surface area contributed by atoms with Crippen LogP contribution in [0.3, 0.4) is 0 Å². The fourth-order valence-corrected chi connectivity index (χ4v) is 1.57. The van der Waals surface area contributed by atoms with E-state index in [-0.39, 0.29) is 5.82 Å². The maximum Gasteiger partial charge on any atom is 0.191 e. The largest absolute Gasteiger partial charge is 0.383 e. The number of hydrogen-bond acceptors (Lipinski definition) is 2. The van der Waals surface area contributed by atoms with Gasteiger partial charge in [0.1, 0.15) is 5.82 Å². The SMILES string of the molecule is CCNC(=NCCOC)NCCc1ccc(F)cc1. The van der Waals surface area contributed by atoms with Gasteiger partial charge in [0.15, 0.2) is 5.96 Å². The Balaban J connectivity index is 2.34. The highest BCUT2D eigenvalue weighted by Crippen LogP contribution is 2.02. The number of hydrogen-bond donors (Lipinski definition) is 2.